The fraction of sp³-hybridized carbons (Fsp3) is 0.385. The summed E-state index contributed by atoms with van der Waals surface area (Å²) in [5.41, 5.74) is 1.21. The summed E-state index contributed by atoms with van der Waals surface area (Å²) in [5, 5.41) is 1.05. The van der Waals surface area contributed by atoms with Crippen LogP contribution >= 0.6 is 11.8 Å². The molecule has 3 heteroatoms. The Balaban J connectivity index is 2.81. The largest absolute Gasteiger partial charge is 0.540 e. The molecule has 0 amide bonds. The van der Waals surface area contributed by atoms with Gasteiger partial charge < -0.3 is 4.43 Å². The Morgan fingerprint density at radius 3 is 2.38 bits per heavy atom. The number of rotatable bonds is 5. The predicted octanol–water partition coefficient (Wildman–Crippen LogP) is 4.59. The van der Waals surface area contributed by atoms with Gasteiger partial charge >= 0.3 is 0 Å². The molecule has 16 heavy (non-hydrogen) atoms. The van der Waals surface area contributed by atoms with E-state index in [1.165, 1.54) is 5.56 Å². The maximum absolute atomic E-state index is 6.05. The van der Waals surface area contributed by atoms with Gasteiger partial charge in [0.15, 0.2) is 0 Å². The van der Waals surface area contributed by atoms with Crippen molar-refractivity contribution in [1.29, 1.82) is 0 Å². The average molecular weight is 252 g/mol. The van der Waals surface area contributed by atoms with Crippen LogP contribution in [0.3, 0.4) is 0 Å². The molecule has 0 heterocycles. The number of thioether (sulfide) groups is 1. The van der Waals surface area contributed by atoms with Crippen LogP contribution in [-0.4, -0.2) is 14.1 Å². The van der Waals surface area contributed by atoms with E-state index < -0.39 is 8.32 Å². The number of hydrogen-bond donors (Lipinski definition) is 0. The Kier molecular flexibility index (Phi) is 5.15. The van der Waals surface area contributed by atoms with Gasteiger partial charge in [0.05, 0.1) is 0 Å². The number of hydrogen-bond acceptors (Lipinski definition) is 2. The van der Waals surface area contributed by atoms with Crippen LogP contribution in [0.1, 0.15) is 12.5 Å². The maximum atomic E-state index is 6.05. The van der Waals surface area contributed by atoms with Gasteiger partial charge in [-0.1, -0.05) is 49.0 Å². The van der Waals surface area contributed by atoms with Crippen LogP contribution < -0.4 is 0 Å². The second-order valence-corrected chi connectivity index (χ2v) is 10.2. The lowest BCUT2D eigenvalue weighted by atomic mass is 10.2. The Hall–Kier alpha value is -0.673. The SMILES string of the molecule is CCS/C(=C\c1ccccc1)O[Si](C)(C)C. The van der Waals surface area contributed by atoms with Crippen molar-refractivity contribution in [2.75, 3.05) is 5.75 Å². The number of benzene rings is 1. The van der Waals surface area contributed by atoms with E-state index in [2.05, 4.69) is 56.9 Å². The minimum absolute atomic E-state index is 1.04. The van der Waals surface area contributed by atoms with Crippen LogP contribution in [0, 0.1) is 0 Å². The monoisotopic (exact) mass is 252 g/mol. The predicted molar refractivity (Wildman–Crippen MR) is 77.0 cm³/mol. The summed E-state index contributed by atoms with van der Waals surface area (Å²) in [4.78, 5) is 0. The van der Waals surface area contributed by atoms with Crippen molar-refractivity contribution in [3.63, 3.8) is 0 Å². The van der Waals surface area contributed by atoms with Crippen LogP contribution in [0.15, 0.2) is 35.4 Å². The third-order valence-corrected chi connectivity index (χ3v) is 3.53. The second-order valence-electron chi connectivity index (χ2n) is 4.52. The molecule has 0 aliphatic carbocycles. The Labute approximate surface area is 104 Å². The van der Waals surface area contributed by atoms with Crippen molar-refractivity contribution in [2.24, 2.45) is 0 Å². The summed E-state index contributed by atoms with van der Waals surface area (Å²) in [5.74, 6) is 1.04. The highest BCUT2D eigenvalue weighted by atomic mass is 32.2. The first-order chi connectivity index (χ1) is 7.51. The molecule has 0 atom stereocenters. The molecule has 0 N–H and O–H groups in total. The van der Waals surface area contributed by atoms with E-state index >= 15 is 0 Å². The van der Waals surface area contributed by atoms with Gasteiger partial charge in [-0.05, 0) is 37.0 Å². The third kappa shape index (κ3) is 5.42. The molecule has 0 saturated carbocycles. The van der Waals surface area contributed by atoms with Crippen molar-refractivity contribution in [3.8, 4) is 0 Å². The first kappa shape index (κ1) is 13.4. The van der Waals surface area contributed by atoms with E-state index in [4.69, 9.17) is 4.43 Å². The van der Waals surface area contributed by atoms with Crippen molar-refractivity contribution < 1.29 is 4.43 Å². The summed E-state index contributed by atoms with van der Waals surface area (Å²) in [6, 6.07) is 10.3. The minimum atomic E-state index is -1.50. The normalized spacial score (nSPS) is 12.6. The van der Waals surface area contributed by atoms with Crippen LogP contribution in [0.4, 0.5) is 0 Å². The van der Waals surface area contributed by atoms with Gasteiger partial charge in [-0.2, -0.15) is 0 Å². The minimum Gasteiger partial charge on any atom is -0.540 e. The van der Waals surface area contributed by atoms with E-state index in [1.807, 2.05) is 6.07 Å². The van der Waals surface area contributed by atoms with Crippen LogP contribution in [0.5, 0.6) is 0 Å². The van der Waals surface area contributed by atoms with Crippen LogP contribution in [-0.2, 0) is 4.43 Å². The molecular weight excluding hydrogens is 232 g/mol. The zero-order chi connectivity index (χ0) is 12.0. The van der Waals surface area contributed by atoms with Crippen molar-refractivity contribution in [1.82, 2.24) is 0 Å². The van der Waals surface area contributed by atoms with Gasteiger partial charge in [0.1, 0.15) is 5.09 Å². The molecule has 1 aromatic rings. The topological polar surface area (TPSA) is 9.23 Å². The van der Waals surface area contributed by atoms with Gasteiger partial charge in [-0.15, -0.1) is 0 Å². The summed E-state index contributed by atoms with van der Waals surface area (Å²) in [6.07, 6.45) is 2.13. The van der Waals surface area contributed by atoms with Crippen molar-refractivity contribution in [2.45, 2.75) is 26.6 Å². The Morgan fingerprint density at radius 2 is 1.88 bits per heavy atom. The van der Waals surface area contributed by atoms with Crippen LogP contribution in [0.2, 0.25) is 19.6 Å². The van der Waals surface area contributed by atoms with E-state index in [-0.39, 0.29) is 0 Å². The molecule has 0 aromatic heterocycles. The van der Waals surface area contributed by atoms with E-state index in [0.29, 0.717) is 0 Å². The Bertz CT molecular complexity index is 341. The molecule has 0 radical (unpaired) electrons. The molecule has 1 rings (SSSR count). The fourth-order valence-electron chi connectivity index (χ4n) is 1.23. The first-order valence-electron chi connectivity index (χ1n) is 5.60. The van der Waals surface area contributed by atoms with Gasteiger partial charge in [0, 0.05) is 0 Å². The highest BCUT2D eigenvalue weighted by molar-refractivity contribution is 8.03. The van der Waals surface area contributed by atoms with E-state index in [0.717, 1.165) is 10.8 Å². The van der Waals surface area contributed by atoms with Crippen molar-refractivity contribution in [3.05, 3.63) is 41.0 Å². The molecule has 88 valence electrons. The molecular formula is C13H20OSSi. The molecule has 1 aromatic carbocycles. The lowest BCUT2D eigenvalue weighted by molar-refractivity contribution is 0.468. The Morgan fingerprint density at radius 1 is 1.25 bits per heavy atom. The lowest BCUT2D eigenvalue weighted by Crippen LogP contribution is -2.24. The zero-order valence-corrected chi connectivity index (χ0v) is 12.3. The maximum Gasteiger partial charge on any atom is 0.242 e. The standard InChI is InChI=1S/C13H20OSSi/c1-5-15-13(14-16(2,3)4)11-12-9-7-6-8-10-12/h6-11H,5H2,1-4H3/b13-11-. The van der Waals surface area contributed by atoms with Gasteiger partial charge in [-0.25, -0.2) is 0 Å². The molecule has 0 aliphatic rings. The highest BCUT2D eigenvalue weighted by Crippen LogP contribution is 2.24. The zero-order valence-electron chi connectivity index (χ0n) is 10.5. The second kappa shape index (κ2) is 6.16. The van der Waals surface area contributed by atoms with E-state index in [9.17, 15) is 0 Å². The summed E-state index contributed by atoms with van der Waals surface area (Å²) in [7, 11) is -1.50. The smallest absolute Gasteiger partial charge is 0.242 e. The van der Waals surface area contributed by atoms with Gasteiger partial charge in [0.25, 0.3) is 0 Å². The summed E-state index contributed by atoms with van der Waals surface area (Å²) in [6.45, 7) is 8.78. The first-order valence-corrected chi connectivity index (χ1v) is 9.99. The molecule has 0 aliphatic heterocycles. The lowest BCUT2D eigenvalue weighted by Gasteiger charge is -2.21. The van der Waals surface area contributed by atoms with Gasteiger partial charge in [-0.3, -0.25) is 0 Å². The molecule has 1 nitrogen and oxygen atoms in total. The quantitative estimate of drug-likeness (QED) is 0.560. The molecule has 0 unspecified atom stereocenters. The highest BCUT2D eigenvalue weighted by Gasteiger charge is 2.17. The fourth-order valence-corrected chi connectivity index (χ4v) is 3.38. The van der Waals surface area contributed by atoms with Crippen molar-refractivity contribution >= 4 is 26.2 Å². The summed E-state index contributed by atoms with van der Waals surface area (Å²) < 4.78 is 6.05. The van der Waals surface area contributed by atoms with Crippen LogP contribution in [0.25, 0.3) is 6.08 Å². The molecule has 0 bridgehead atoms. The average Bonchev–Trinajstić information content (AvgIpc) is 2.17. The summed E-state index contributed by atoms with van der Waals surface area (Å²) >= 11 is 1.77. The third-order valence-electron chi connectivity index (χ3n) is 1.78. The molecule has 0 spiro atoms. The molecule has 0 fully saturated rings. The molecule has 0 saturated heterocycles. The van der Waals surface area contributed by atoms with Gasteiger partial charge in [0.2, 0.25) is 8.32 Å². The van der Waals surface area contributed by atoms with E-state index in [1.54, 1.807) is 11.8 Å².